The molecular weight excluding hydrogens is 326 g/mol. The molecule has 1 N–H and O–H groups in total. The summed E-state index contributed by atoms with van der Waals surface area (Å²) in [6.07, 6.45) is 2.14. The molecule has 0 radical (unpaired) electrons. The Bertz CT molecular complexity index is 787. The molecule has 6 heteroatoms. The summed E-state index contributed by atoms with van der Waals surface area (Å²) in [5.74, 6) is -2.36. The lowest BCUT2D eigenvalue weighted by Crippen LogP contribution is -2.48. The molecule has 2 heterocycles. The topological polar surface area (TPSA) is 53.4 Å². The average Bonchev–Trinajstić information content (AvgIpc) is 2.54. The first-order valence-corrected chi connectivity index (χ1v) is 8.25. The third-order valence-corrected chi connectivity index (χ3v) is 4.61. The van der Waals surface area contributed by atoms with Crippen molar-refractivity contribution < 1.29 is 18.7 Å². The van der Waals surface area contributed by atoms with Gasteiger partial charge in [-0.05, 0) is 25.3 Å². The fourth-order valence-electron chi connectivity index (χ4n) is 3.23. The fourth-order valence-corrected chi connectivity index (χ4v) is 3.23. The maximum Gasteiger partial charge on any atom is 0.275 e. The van der Waals surface area contributed by atoms with Crippen molar-refractivity contribution in [1.29, 1.82) is 0 Å². The van der Waals surface area contributed by atoms with Crippen LogP contribution < -0.4 is 0 Å². The number of aliphatic hydroxyl groups is 1. The molecule has 0 unspecified atom stereocenters. The second-order valence-corrected chi connectivity index (χ2v) is 6.67. The fraction of sp³-hybridized carbons (Fsp3) is 0.368. The Balaban J connectivity index is 1.65. The summed E-state index contributed by atoms with van der Waals surface area (Å²) < 4.78 is 26.7. The van der Waals surface area contributed by atoms with Crippen molar-refractivity contribution in [2.45, 2.75) is 31.8 Å². The Labute approximate surface area is 145 Å². The van der Waals surface area contributed by atoms with E-state index >= 15 is 0 Å². The lowest BCUT2D eigenvalue weighted by Gasteiger charge is -2.38. The normalized spacial score (nSPS) is 16.7. The van der Waals surface area contributed by atoms with Gasteiger partial charge in [-0.25, -0.2) is 13.8 Å². The highest BCUT2D eigenvalue weighted by Gasteiger charge is 2.35. The molecule has 1 amide bonds. The molecule has 0 aliphatic carbocycles. The zero-order valence-corrected chi connectivity index (χ0v) is 14.0. The smallest absolute Gasteiger partial charge is 0.275 e. The predicted octanol–water partition coefficient (Wildman–Crippen LogP) is 2.88. The van der Waals surface area contributed by atoms with E-state index in [0.717, 1.165) is 17.3 Å². The Morgan fingerprint density at radius 2 is 2.00 bits per heavy atom. The van der Waals surface area contributed by atoms with Crippen LogP contribution in [0.2, 0.25) is 0 Å². The second kappa shape index (κ2) is 6.88. The number of amides is 1. The molecule has 1 fully saturated rings. The first-order valence-electron chi connectivity index (χ1n) is 8.25. The number of piperidine rings is 1. The molecule has 1 aliphatic rings. The Morgan fingerprint density at radius 1 is 1.28 bits per heavy atom. The van der Waals surface area contributed by atoms with Gasteiger partial charge in [0.1, 0.15) is 5.82 Å². The van der Waals surface area contributed by atoms with E-state index in [1.165, 1.54) is 4.90 Å². The number of halogens is 2. The summed E-state index contributed by atoms with van der Waals surface area (Å²) in [7, 11) is 0. The molecule has 25 heavy (non-hydrogen) atoms. The summed E-state index contributed by atoms with van der Waals surface area (Å²) in [5.41, 5.74) is 0.907. The highest BCUT2D eigenvalue weighted by molar-refractivity contribution is 5.92. The minimum atomic E-state index is -0.967. The Morgan fingerprint density at radius 3 is 2.64 bits per heavy atom. The van der Waals surface area contributed by atoms with E-state index in [-0.39, 0.29) is 5.69 Å². The summed E-state index contributed by atoms with van der Waals surface area (Å²) >= 11 is 0. The van der Waals surface area contributed by atoms with E-state index in [4.69, 9.17) is 0 Å². The van der Waals surface area contributed by atoms with Crippen molar-refractivity contribution in [1.82, 2.24) is 9.88 Å². The molecule has 2 aromatic rings. The SMILES string of the molecule is Cc1cccc(CC2(O)CCN(C(=O)c3ncc(F)cc3F)CC2)c1. The monoisotopic (exact) mass is 346 g/mol. The molecule has 1 aliphatic heterocycles. The summed E-state index contributed by atoms with van der Waals surface area (Å²) in [4.78, 5) is 17.4. The van der Waals surface area contributed by atoms with Crippen LogP contribution in [-0.2, 0) is 6.42 Å². The summed E-state index contributed by atoms with van der Waals surface area (Å²) in [6.45, 7) is 2.61. The molecule has 1 aromatic heterocycles. The van der Waals surface area contributed by atoms with Gasteiger partial charge in [-0.2, -0.15) is 0 Å². The van der Waals surface area contributed by atoms with Crippen LogP contribution in [-0.4, -0.2) is 39.6 Å². The zero-order chi connectivity index (χ0) is 18.0. The van der Waals surface area contributed by atoms with E-state index in [1.807, 2.05) is 31.2 Å². The van der Waals surface area contributed by atoms with Crippen molar-refractivity contribution in [3.63, 3.8) is 0 Å². The van der Waals surface area contributed by atoms with Crippen LogP contribution in [0, 0.1) is 18.6 Å². The van der Waals surface area contributed by atoms with Gasteiger partial charge in [-0.3, -0.25) is 4.79 Å². The highest BCUT2D eigenvalue weighted by Crippen LogP contribution is 2.27. The number of aromatic nitrogens is 1. The average molecular weight is 346 g/mol. The van der Waals surface area contributed by atoms with Crippen LogP contribution in [0.15, 0.2) is 36.5 Å². The summed E-state index contributed by atoms with van der Waals surface area (Å²) in [6, 6.07) is 8.61. The number of benzene rings is 1. The lowest BCUT2D eigenvalue weighted by atomic mass is 9.85. The second-order valence-electron chi connectivity index (χ2n) is 6.67. The minimum Gasteiger partial charge on any atom is -0.389 e. The van der Waals surface area contributed by atoms with Crippen molar-refractivity contribution in [2.75, 3.05) is 13.1 Å². The van der Waals surface area contributed by atoms with Crippen LogP contribution in [0.25, 0.3) is 0 Å². The van der Waals surface area contributed by atoms with Crippen LogP contribution in [0.5, 0.6) is 0 Å². The maximum atomic E-state index is 13.7. The van der Waals surface area contributed by atoms with E-state index in [9.17, 15) is 18.7 Å². The van der Waals surface area contributed by atoms with Crippen LogP contribution in [0.1, 0.15) is 34.5 Å². The molecule has 132 valence electrons. The van der Waals surface area contributed by atoms with Gasteiger partial charge < -0.3 is 10.0 Å². The number of hydrogen-bond donors (Lipinski definition) is 1. The number of pyridine rings is 1. The van der Waals surface area contributed by atoms with E-state index < -0.39 is 23.1 Å². The number of hydrogen-bond acceptors (Lipinski definition) is 3. The molecule has 0 atom stereocenters. The van der Waals surface area contributed by atoms with E-state index in [0.29, 0.717) is 38.4 Å². The number of likely N-dealkylation sites (tertiary alicyclic amines) is 1. The van der Waals surface area contributed by atoms with Gasteiger partial charge in [0.15, 0.2) is 11.5 Å². The van der Waals surface area contributed by atoms with Gasteiger partial charge in [0, 0.05) is 25.6 Å². The van der Waals surface area contributed by atoms with Gasteiger partial charge in [0.25, 0.3) is 5.91 Å². The number of carbonyl (C=O) groups is 1. The number of rotatable bonds is 3. The van der Waals surface area contributed by atoms with Gasteiger partial charge in [0.05, 0.1) is 11.8 Å². The molecule has 0 spiro atoms. The van der Waals surface area contributed by atoms with Crippen molar-refractivity contribution in [2.24, 2.45) is 0 Å². The predicted molar refractivity (Wildman–Crippen MR) is 89.1 cm³/mol. The van der Waals surface area contributed by atoms with Gasteiger partial charge in [-0.1, -0.05) is 29.8 Å². The molecule has 1 saturated heterocycles. The summed E-state index contributed by atoms with van der Waals surface area (Å²) in [5, 5.41) is 10.8. The molecular formula is C19H20F2N2O2. The van der Waals surface area contributed by atoms with Crippen molar-refractivity contribution in [3.8, 4) is 0 Å². The zero-order valence-electron chi connectivity index (χ0n) is 14.0. The van der Waals surface area contributed by atoms with Crippen LogP contribution in [0.3, 0.4) is 0 Å². The van der Waals surface area contributed by atoms with Crippen molar-refractivity contribution >= 4 is 5.91 Å². The first kappa shape index (κ1) is 17.5. The third kappa shape index (κ3) is 4.02. The standard InChI is InChI=1S/C19H20F2N2O2/c1-13-3-2-4-14(9-13)11-19(25)5-7-23(8-6-19)18(24)17-16(21)10-15(20)12-22-17/h2-4,9-10,12,25H,5-8,11H2,1H3. The van der Waals surface area contributed by atoms with Gasteiger partial charge in [0.2, 0.25) is 0 Å². The van der Waals surface area contributed by atoms with Gasteiger partial charge >= 0.3 is 0 Å². The first-order chi connectivity index (χ1) is 11.9. The molecule has 0 bridgehead atoms. The quantitative estimate of drug-likeness (QED) is 0.930. The molecule has 1 aromatic carbocycles. The molecule has 4 nitrogen and oxygen atoms in total. The Kier molecular flexibility index (Phi) is 4.81. The molecule has 3 rings (SSSR count). The van der Waals surface area contributed by atoms with Crippen LogP contribution >= 0.6 is 0 Å². The number of carbonyl (C=O) groups excluding carboxylic acids is 1. The third-order valence-electron chi connectivity index (χ3n) is 4.61. The van der Waals surface area contributed by atoms with E-state index in [2.05, 4.69) is 4.98 Å². The Hall–Kier alpha value is -2.34. The number of nitrogens with zero attached hydrogens (tertiary/aromatic N) is 2. The number of aryl methyl sites for hydroxylation is 1. The minimum absolute atomic E-state index is 0.305. The largest absolute Gasteiger partial charge is 0.389 e. The lowest BCUT2D eigenvalue weighted by molar-refractivity contribution is -0.0164. The highest BCUT2D eigenvalue weighted by atomic mass is 19.1. The maximum absolute atomic E-state index is 13.7. The molecule has 0 saturated carbocycles. The van der Waals surface area contributed by atoms with Crippen LogP contribution in [0.4, 0.5) is 8.78 Å². The van der Waals surface area contributed by atoms with E-state index in [1.54, 1.807) is 0 Å². The van der Waals surface area contributed by atoms with Crippen molar-refractivity contribution in [3.05, 3.63) is 65.0 Å². The van der Waals surface area contributed by atoms with Gasteiger partial charge in [-0.15, -0.1) is 0 Å².